The molecule has 1 aromatic carbocycles. The van der Waals surface area contributed by atoms with Crippen molar-refractivity contribution >= 4 is 29.5 Å². The number of benzene rings is 1. The number of aliphatic hydroxyl groups is 1. The molecule has 3 amide bonds. The summed E-state index contributed by atoms with van der Waals surface area (Å²) in [4.78, 5) is 41.9. The number of nitrogens with one attached hydrogen (secondary N) is 2. The van der Waals surface area contributed by atoms with Gasteiger partial charge < -0.3 is 20.6 Å². The second-order valence-corrected chi connectivity index (χ2v) is 11.7. The SMILES string of the molecule is CC(C)(C)NC(=O)C1N(CCCO)C(=O)[C@@H]2[C@@H](C(=O)NCc3ccccc3)[C@H]3CCC12S3. The van der Waals surface area contributed by atoms with Crippen molar-refractivity contribution < 1.29 is 19.5 Å². The maximum absolute atomic E-state index is 13.6. The van der Waals surface area contributed by atoms with Crippen molar-refractivity contribution in [3.8, 4) is 0 Å². The Morgan fingerprint density at radius 1 is 1.22 bits per heavy atom. The summed E-state index contributed by atoms with van der Waals surface area (Å²) in [6, 6.07) is 9.10. The molecule has 3 aliphatic rings. The first-order valence-corrected chi connectivity index (χ1v) is 12.3. The highest BCUT2D eigenvalue weighted by atomic mass is 32.2. The number of likely N-dealkylation sites (tertiary alicyclic amines) is 1. The minimum Gasteiger partial charge on any atom is -0.396 e. The molecule has 3 heterocycles. The van der Waals surface area contributed by atoms with Crippen LogP contribution in [-0.4, -0.2) is 62.5 Å². The summed E-state index contributed by atoms with van der Waals surface area (Å²) in [6.07, 6.45) is 1.98. The van der Waals surface area contributed by atoms with Crippen LogP contribution in [0.3, 0.4) is 0 Å². The van der Waals surface area contributed by atoms with Crippen LogP contribution in [0.25, 0.3) is 0 Å². The van der Waals surface area contributed by atoms with Gasteiger partial charge in [0, 0.05) is 30.5 Å². The van der Waals surface area contributed by atoms with Gasteiger partial charge in [-0.1, -0.05) is 30.3 Å². The number of carbonyl (C=O) groups excluding carboxylic acids is 3. The van der Waals surface area contributed by atoms with E-state index in [0.717, 1.165) is 18.4 Å². The average Bonchev–Trinajstić information content (AvgIpc) is 3.37. The third-order valence-electron chi connectivity index (χ3n) is 6.72. The number of rotatable bonds is 7. The Bertz CT molecular complexity index is 887. The van der Waals surface area contributed by atoms with E-state index >= 15 is 0 Å². The van der Waals surface area contributed by atoms with Gasteiger partial charge in [-0.05, 0) is 45.6 Å². The van der Waals surface area contributed by atoms with Gasteiger partial charge in [0.1, 0.15) is 6.04 Å². The standard InChI is InChI=1S/C24H33N3O4S/c1-23(2,3)26-21(30)19-24-11-10-16(32-24)17(18(24)22(31)27(19)12-7-13-28)20(29)25-14-15-8-5-4-6-9-15/h4-6,8-9,16-19,28H,7,10-14H2,1-3H3,(H,25,29)(H,26,30)/t16-,17+,18+,19?,24?/m1/s1. The van der Waals surface area contributed by atoms with E-state index in [0.29, 0.717) is 19.5 Å². The molecule has 0 saturated carbocycles. The van der Waals surface area contributed by atoms with Crippen LogP contribution in [0.5, 0.6) is 0 Å². The third-order valence-corrected chi connectivity index (χ3v) is 8.67. The molecule has 0 radical (unpaired) electrons. The van der Waals surface area contributed by atoms with Crippen LogP contribution >= 0.6 is 11.8 Å². The van der Waals surface area contributed by atoms with Crippen molar-refractivity contribution in [2.45, 2.75) is 68.2 Å². The van der Waals surface area contributed by atoms with Crippen molar-refractivity contribution in [3.05, 3.63) is 35.9 Å². The lowest BCUT2D eigenvalue weighted by molar-refractivity contribution is -0.140. The quantitative estimate of drug-likeness (QED) is 0.576. The molecule has 32 heavy (non-hydrogen) atoms. The van der Waals surface area contributed by atoms with E-state index in [1.807, 2.05) is 51.1 Å². The molecule has 2 unspecified atom stereocenters. The third kappa shape index (κ3) is 4.03. The Morgan fingerprint density at radius 3 is 2.59 bits per heavy atom. The Labute approximate surface area is 193 Å². The molecule has 3 aliphatic heterocycles. The number of carbonyl (C=O) groups is 3. The van der Waals surface area contributed by atoms with Crippen molar-refractivity contribution in [2.75, 3.05) is 13.2 Å². The molecule has 0 aromatic heterocycles. The van der Waals surface area contributed by atoms with Gasteiger partial charge in [-0.3, -0.25) is 14.4 Å². The van der Waals surface area contributed by atoms with E-state index in [1.165, 1.54) is 0 Å². The number of hydrogen-bond acceptors (Lipinski definition) is 5. The Morgan fingerprint density at radius 2 is 1.94 bits per heavy atom. The van der Waals surface area contributed by atoms with Crippen LogP contribution in [0, 0.1) is 11.8 Å². The van der Waals surface area contributed by atoms with Crippen LogP contribution in [0.15, 0.2) is 30.3 Å². The van der Waals surface area contributed by atoms with E-state index in [4.69, 9.17) is 0 Å². The van der Waals surface area contributed by atoms with E-state index in [9.17, 15) is 19.5 Å². The summed E-state index contributed by atoms with van der Waals surface area (Å²) in [7, 11) is 0. The van der Waals surface area contributed by atoms with E-state index in [2.05, 4.69) is 10.6 Å². The summed E-state index contributed by atoms with van der Waals surface area (Å²) < 4.78 is -0.582. The first-order valence-electron chi connectivity index (χ1n) is 11.4. The normalized spacial score (nSPS) is 31.0. The molecule has 174 valence electrons. The molecule has 3 fully saturated rings. The molecule has 3 N–H and O–H groups in total. The zero-order chi connectivity index (χ0) is 23.1. The predicted octanol–water partition coefficient (Wildman–Crippen LogP) is 1.69. The first kappa shape index (κ1) is 23.1. The molecule has 7 nitrogen and oxygen atoms in total. The number of fused-ring (bicyclic) bond motifs is 1. The number of hydrogen-bond donors (Lipinski definition) is 3. The maximum atomic E-state index is 13.6. The van der Waals surface area contributed by atoms with Crippen LogP contribution in [-0.2, 0) is 20.9 Å². The van der Waals surface area contributed by atoms with Crippen molar-refractivity contribution in [2.24, 2.45) is 11.8 Å². The smallest absolute Gasteiger partial charge is 0.244 e. The molecule has 4 rings (SSSR count). The van der Waals surface area contributed by atoms with E-state index in [1.54, 1.807) is 16.7 Å². The zero-order valence-electron chi connectivity index (χ0n) is 19.0. The van der Waals surface area contributed by atoms with Gasteiger partial charge in [-0.15, -0.1) is 11.8 Å². The lowest BCUT2D eigenvalue weighted by Gasteiger charge is -2.36. The molecule has 1 aromatic rings. The molecular weight excluding hydrogens is 426 g/mol. The van der Waals surface area contributed by atoms with Crippen molar-refractivity contribution in [1.29, 1.82) is 0 Å². The van der Waals surface area contributed by atoms with Gasteiger partial charge >= 0.3 is 0 Å². The number of thioether (sulfide) groups is 1. The van der Waals surface area contributed by atoms with Gasteiger partial charge in [0.05, 0.1) is 16.6 Å². The van der Waals surface area contributed by atoms with Crippen LogP contribution < -0.4 is 10.6 Å². The second-order valence-electron chi connectivity index (χ2n) is 10.1. The zero-order valence-corrected chi connectivity index (χ0v) is 19.8. The highest BCUT2D eigenvalue weighted by Gasteiger charge is 2.73. The maximum Gasteiger partial charge on any atom is 0.244 e. The number of amides is 3. The van der Waals surface area contributed by atoms with Gasteiger partial charge in [-0.25, -0.2) is 0 Å². The molecule has 2 bridgehead atoms. The summed E-state index contributed by atoms with van der Waals surface area (Å²) in [5, 5.41) is 15.5. The monoisotopic (exact) mass is 459 g/mol. The second kappa shape index (κ2) is 8.71. The van der Waals surface area contributed by atoms with Crippen molar-refractivity contribution in [3.63, 3.8) is 0 Å². The number of nitrogens with zero attached hydrogens (tertiary/aromatic N) is 1. The van der Waals surface area contributed by atoms with Gasteiger partial charge in [0.15, 0.2) is 0 Å². The Hall–Kier alpha value is -2.06. The van der Waals surface area contributed by atoms with Crippen molar-refractivity contribution in [1.82, 2.24) is 15.5 Å². The minimum absolute atomic E-state index is 0.0460. The summed E-state index contributed by atoms with van der Waals surface area (Å²) in [5.74, 6) is -1.33. The molecule has 1 spiro atoms. The van der Waals surface area contributed by atoms with Crippen LogP contribution in [0.2, 0.25) is 0 Å². The highest BCUT2D eigenvalue weighted by Crippen LogP contribution is 2.66. The Kier molecular flexibility index (Phi) is 6.29. The molecular formula is C24H33N3O4S. The predicted molar refractivity (Wildman–Crippen MR) is 124 cm³/mol. The minimum atomic E-state index is -0.618. The fourth-order valence-electron chi connectivity index (χ4n) is 5.58. The Balaban J connectivity index is 1.60. The van der Waals surface area contributed by atoms with E-state index in [-0.39, 0.29) is 29.6 Å². The molecule has 5 atom stereocenters. The van der Waals surface area contributed by atoms with Crippen LogP contribution in [0.4, 0.5) is 0 Å². The number of aliphatic hydroxyl groups excluding tert-OH is 1. The fraction of sp³-hybridized carbons (Fsp3) is 0.625. The highest BCUT2D eigenvalue weighted by molar-refractivity contribution is 8.02. The van der Waals surface area contributed by atoms with Gasteiger partial charge in [0.25, 0.3) is 0 Å². The molecule has 3 saturated heterocycles. The van der Waals surface area contributed by atoms with Gasteiger partial charge in [-0.2, -0.15) is 0 Å². The topological polar surface area (TPSA) is 98.7 Å². The summed E-state index contributed by atoms with van der Waals surface area (Å²) in [5.41, 5.74) is 0.585. The molecule has 0 aliphatic carbocycles. The molecule has 8 heteroatoms. The van der Waals surface area contributed by atoms with E-state index < -0.39 is 28.2 Å². The van der Waals surface area contributed by atoms with Crippen LogP contribution in [0.1, 0.15) is 45.6 Å². The first-order chi connectivity index (χ1) is 15.2. The average molecular weight is 460 g/mol. The summed E-state index contributed by atoms with van der Waals surface area (Å²) in [6.45, 7) is 6.46. The lowest BCUT2D eigenvalue weighted by Crippen LogP contribution is -2.57. The largest absolute Gasteiger partial charge is 0.396 e. The fourth-order valence-corrected chi connectivity index (χ4v) is 7.80. The lowest BCUT2D eigenvalue weighted by atomic mass is 9.70. The summed E-state index contributed by atoms with van der Waals surface area (Å²) >= 11 is 1.66. The van der Waals surface area contributed by atoms with Gasteiger partial charge in [0.2, 0.25) is 17.7 Å².